The van der Waals surface area contributed by atoms with E-state index in [1.54, 1.807) is 0 Å². The summed E-state index contributed by atoms with van der Waals surface area (Å²) in [6.45, 7) is 13.5. The summed E-state index contributed by atoms with van der Waals surface area (Å²) in [6.07, 6.45) is 0. The molecule has 4 N–H and O–H groups in total. The van der Waals surface area contributed by atoms with Crippen molar-refractivity contribution in [1.82, 2.24) is 0 Å². The summed E-state index contributed by atoms with van der Waals surface area (Å²) in [6, 6.07) is 0. The third-order valence-corrected chi connectivity index (χ3v) is 0. The van der Waals surface area contributed by atoms with E-state index in [1.807, 2.05) is 0 Å². The molecule has 0 aromatic carbocycles. The summed E-state index contributed by atoms with van der Waals surface area (Å²) in [7, 11) is 0. The molecule has 0 fully saturated rings. The van der Waals surface area contributed by atoms with Crippen molar-refractivity contribution in [1.29, 1.82) is 0 Å². The second kappa shape index (κ2) is 1630. The monoisotopic (exact) mass is 222 g/mol. The van der Waals surface area contributed by atoms with E-state index in [9.17, 15) is 0 Å². The Bertz CT molecular complexity index is 16.9. The van der Waals surface area contributed by atoms with Gasteiger partial charge in [0, 0.05) is 19.5 Å². The van der Waals surface area contributed by atoms with Gasteiger partial charge in [0.2, 0.25) is 0 Å². The van der Waals surface area contributed by atoms with Gasteiger partial charge in [-0.25, -0.2) is 0 Å². The summed E-state index contributed by atoms with van der Waals surface area (Å²) >= 11 is 0. The van der Waals surface area contributed by atoms with Crippen molar-refractivity contribution >= 4 is 20.4 Å². The fourth-order valence-corrected chi connectivity index (χ4v) is 0. The summed E-state index contributed by atoms with van der Waals surface area (Å²) in [5.41, 5.74) is 0. The van der Waals surface area contributed by atoms with Crippen molar-refractivity contribution in [3.8, 4) is 0 Å². The van der Waals surface area contributed by atoms with E-state index in [2.05, 4.69) is 20.4 Å². The fraction of sp³-hybridized carbons (Fsp3) is 0. The molecule has 0 aliphatic carbocycles. The van der Waals surface area contributed by atoms with Crippen molar-refractivity contribution in [3.63, 3.8) is 0 Å². The molecule has 6 radical (unpaired) electrons. The Morgan fingerprint density at radius 3 is 0.556 bits per heavy atom. The molecule has 9 heavy (non-hydrogen) atoms. The molecule has 0 spiro atoms. The quantitative estimate of drug-likeness (QED) is 0.410. The Hall–Kier alpha value is -0.447. The zero-order valence-electron chi connectivity index (χ0n) is 4.08. The van der Waals surface area contributed by atoms with E-state index in [0.29, 0.717) is 0 Å². The van der Waals surface area contributed by atoms with Gasteiger partial charge in [0.05, 0.1) is 0 Å². The van der Waals surface area contributed by atoms with Gasteiger partial charge in [0.15, 0.2) is 0 Å². The van der Waals surface area contributed by atoms with Crippen molar-refractivity contribution in [2.75, 3.05) is 0 Å². The minimum Gasteiger partial charge on any atom is -0.412 e. The molecule has 0 aromatic heterocycles. The zero-order chi connectivity index (χ0) is 6.00. The molecule has 54 valence electrons. The minimum absolute atomic E-state index is 0. The van der Waals surface area contributed by atoms with Gasteiger partial charge in [-0.1, -0.05) is 0 Å². The van der Waals surface area contributed by atoms with E-state index in [4.69, 9.17) is 14.4 Å². The molecule has 0 bridgehead atoms. The molecular formula is C3H4O5Ru. The van der Waals surface area contributed by atoms with Crippen LogP contribution in [0.4, 0.5) is 0 Å². The average molecular weight is 221 g/mol. The summed E-state index contributed by atoms with van der Waals surface area (Å²) in [4.78, 5) is 22.5. The zero-order valence-corrected chi connectivity index (χ0v) is 5.82. The van der Waals surface area contributed by atoms with Crippen LogP contribution in [0.3, 0.4) is 0 Å². The standard InChI is InChI=1S/3CO.2H2O.Ru/c3*1-2;;;/h;;;2*1H2;. The van der Waals surface area contributed by atoms with Crippen LogP contribution in [0.15, 0.2) is 0 Å². The van der Waals surface area contributed by atoms with Crippen LogP contribution in [0, 0.1) is 0 Å². The molecule has 0 saturated heterocycles. The number of hydrogen-bond acceptors (Lipinski definition) is 3. The first-order valence-electron chi connectivity index (χ1n) is 0.612. The third-order valence-electron chi connectivity index (χ3n) is 0. The van der Waals surface area contributed by atoms with Gasteiger partial charge < -0.3 is 11.0 Å². The molecule has 0 aromatic rings. The second-order valence-electron chi connectivity index (χ2n) is 0. The van der Waals surface area contributed by atoms with Gasteiger partial charge in [0.1, 0.15) is 0 Å². The van der Waals surface area contributed by atoms with Gasteiger partial charge >= 0.3 is 0 Å². The Morgan fingerprint density at radius 1 is 0.556 bits per heavy atom. The van der Waals surface area contributed by atoms with Crippen LogP contribution in [0.1, 0.15) is 0 Å². The smallest absolute Gasteiger partial charge is 0.281 e. The van der Waals surface area contributed by atoms with E-state index >= 15 is 0 Å². The average Bonchev–Trinajstić information content (AvgIpc) is 1.81. The number of carbonyl (C=O) groups excluding carboxylic acids is 3. The van der Waals surface area contributed by atoms with Crippen LogP contribution in [-0.4, -0.2) is 31.3 Å². The molecule has 0 aliphatic rings. The summed E-state index contributed by atoms with van der Waals surface area (Å²) in [5, 5.41) is 0. The summed E-state index contributed by atoms with van der Waals surface area (Å²) < 4.78 is 0. The van der Waals surface area contributed by atoms with E-state index < -0.39 is 0 Å². The van der Waals surface area contributed by atoms with Crippen molar-refractivity contribution in [2.24, 2.45) is 0 Å². The summed E-state index contributed by atoms with van der Waals surface area (Å²) in [5.74, 6) is 0. The fourth-order valence-electron chi connectivity index (χ4n) is 0. The first kappa shape index (κ1) is 74.8. The van der Waals surface area contributed by atoms with Gasteiger partial charge in [-0.15, -0.1) is 0 Å². The molecule has 0 rings (SSSR count). The largest absolute Gasteiger partial charge is 0.412 e. The molecule has 5 nitrogen and oxygen atoms in total. The molecular weight excluding hydrogens is 217 g/mol. The van der Waals surface area contributed by atoms with E-state index in [1.165, 1.54) is 0 Å². The maximum absolute atomic E-state index is 7.50. The predicted octanol–water partition coefficient (Wildman–Crippen LogP) is -2.84. The van der Waals surface area contributed by atoms with Gasteiger partial charge in [-0.2, -0.15) is 0 Å². The molecule has 0 saturated carbocycles. The Labute approximate surface area is 65.8 Å². The Balaban J connectivity index is -0.00000000321. The first-order chi connectivity index (χ1) is 3.00. The molecule has 0 unspecified atom stereocenters. The van der Waals surface area contributed by atoms with Gasteiger partial charge in [0.25, 0.3) is 20.4 Å². The SMILES string of the molecule is O.O.[C]=O.[C]=O.[C]=O.[Ru]. The van der Waals surface area contributed by atoms with E-state index in [0.717, 1.165) is 0 Å². The van der Waals surface area contributed by atoms with Crippen LogP contribution in [0.2, 0.25) is 0 Å². The Morgan fingerprint density at radius 2 is 0.556 bits per heavy atom. The molecule has 6 heteroatoms. The number of hydrogen-bond donors (Lipinski definition) is 0. The first-order valence-corrected chi connectivity index (χ1v) is 0.612. The number of rotatable bonds is 0. The van der Waals surface area contributed by atoms with Crippen LogP contribution in [0.25, 0.3) is 0 Å². The van der Waals surface area contributed by atoms with Crippen LogP contribution >= 0.6 is 0 Å². The van der Waals surface area contributed by atoms with Crippen molar-refractivity contribution in [2.45, 2.75) is 0 Å². The van der Waals surface area contributed by atoms with Crippen LogP contribution in [-0.2, 0) is 33.9 Å². The van der Waals surface area contributed by atoms with Crippen molar-refractivity contribution in [3.05, 3.63) is 0 Å². The maximum atomic E-state index is 7.50. The van der Waals surface area contributed by atoms with Crippen LogP contribution in [0.5, 0.6) is 0 Å². The van der Waals surface area contributed by atoms with Gasteiger partial charge in [-0.05, 0) is 0 Å². The third kappa shape index (κ3) is 1170. The topological polar surface area (TPSA) is 114 Å². The minimum atomic E-state index is 0. The molecule has 0 aliphatic heterocycles. The molecule has 0 amide bonds. The molecule has 0 atom stereocenters. The molecule has 0 heterocycles. The maximum Gasteiger partial charge on any atom is 0.281 e. The van der Waals surface area contributed by atoms with Gasteiger partial charge in [-0.3, -0.25) is 14.4 Å². The van der Waals surface area contributed by atoms with E-state index in [-0.39, 0.29) is 30.4 Å². The predicted molar refractivity (Wildman–Crippen MR) is 24.3 cm³/mol. The normalized spacial score (nSPS) is 1.33. The van der Waals surface area contributed by atoms with Crippen LogP contribution < -0.4 is 0 Å². The second-order valence-corrected chi connectivity index (χ2v) is 0. The van der Waals surface area contributed by atoms with Crippen molar-refractivity contribution < 1.29 is 44.8 Å². The Kier molecular flexibility index (Phi) is 13500.